The maximum atomic E-state index is 6.66. The molecule has 0 aliphatic rings. The van der Waals surface area contributed by atoms with E-state index in [1.807, 2.05) is 18.2 Å². The van der Waals surface area contributed by atoms with E-state index >= 15 is 0 Å². The number of allylic oxidation sites excluding steroid dienone is 4. The van der Waals surface area contributed by atoms with Gasteiger partial charge in [0.05, 0.1) is 5.69 Å². The minimum absolute atomic E-state index is 0.847. The summed E-state index contributed by atoms with van der Waals surface area (Å²) in [4.78, 5) is 2.40. The Kier molecular flexibility index (Phi) is 7.14. The Labute approximate surface area is 291 Å². The molecule has 0 saturated carbocycles. The van der Waals surface area contributed by atoms with E-state index in [2.05, 4.69) is 176 Å². The van der Waals surface area contributed by atoms with Gasteiger partial charge in [0, 0.05) is 32.9 Å². The second kappa shape index (κ2) is 12.1. The average Bonchev–Trinajstić information content (AvgIpc) is 3.55. The Morgan fingerprint density at radius 2 is 1.18 bits per heavy atom. The first-order valence-corrected chi connectivity index (χ1v) is 16.9. The number of furan rings is 1. The Morgan fingerprint density at radius 3 is 1.98 bits per heavy atom. The normalized spacial score (nSPS) is 11.9. The van der Waals surface area contributed by atoms with Crippen molar-refractivity contribution in [2.45, 2.75) is 0 Å². The molecule has 0 N–H and O–H groups in total. The molecule has 0 spiro atoms. The summed E-state index contributed by atoms with van der Waals surface area (Å²) in [7, 11) is 0. The maximum absolute atomic E-state index is 6.66. The largest absolute Gasteiger partial charge is 0.455 e. The topological polar surface area (TPSA) is 16.4 Å². The van der Waals surface area contributed by atoms with E-state index in [4.69, 9.17) is 4.42 Å². The van der Waals surface area contributed by atoms with Gasteiger partial charge in [-0.2, -0.15) is 0 Å². The first-order chi connectivity index (χ1) is 24.7. The summed E-state index contributed by atoms with van der Waals surface area (Å²) in [6, 6.07) is 56.4. The van der Waals surface area contributed by atoms with Crippen LogP contribution in [0.3, 0.4) is 0 Å². The first-order valence-electron chi connectivity index (χ1n) is 16.9. The highest BCUT2D eigenvalue weighted by atomic mass is 16.3. The molecule has 0 bridgehead atoms. The van der Waals surface area contributed by atoms with Crippen LogP contribution in [0.25, 0.3) is 71.0 Å². The van der Waals surface area contributed by atoms with Crippen LogP contribution in [0.2, 0.25) is 0 Å². The van der Waals surface area contributed by atoms with Crippen molar-refractivity contribution < 1.29 is 4.42 Å². The zero-order valence-electron chi connectivity index (χ0n) is 27.5. The molecule has 50 heavy (non-hydrogen) atoms. The molecular weight excluding hydrogens is 607 g/mol. The van der Waals surface area contributed by atoms with Crippen LogP contribution in [-0.4, -0.2) is 0 Å². The minimum atomic E-state index is 0.847. The van der Waals surface area contributed by atoms with Crippen LogP contribution < -0.4 is 4.90 Å². The van der Waals surface area contributed by atoms with Crippen molar-refractivity contribution in [1.29, 1.82) is 0 Å². The number of hydrogen-bond acceptors (Lipinski definition) is 2. The number of rotatable bonds is 7. The summed E-state index contributed by atoms with van der Waals surface area (Å²) in [6.07, 6.45) is 5.73. The van der Waals surface area contributed by atoms with Gasteiger partial charge < -0.3 is 9.32 Å². The molecule has 0 radical (unpaired) electrons. The summed E-state index contributed by atoms with van der Waals surface area (Å²) in [5.74, 6) is 0. The lowest BCUT2D eigenvalue weighted by Gasteiger charge is -2.28. The lowest BCUT2D eigenvalue weighted by molar-refractivity contribution is 0.672. The summed E-state index contributed by atoms with van der Waals surface area (Å²) in [6.45, 7) is 8.09. The summed E-state index contributed by atoms with van der Waals surface area (Å²) in [5, 5.41) is 9.16. The molecule has 0 fully saturated rings. The molecule has 1 aromatic heterocycles. The molecule has 0 saturated heterocycles. The molecule has 1 heterocycles. The molecule has 2 heteroatoms. The lowest BCUT2D eigenvalue weighted by atomic mass is 9.95. The highest BCUT2D eigenvalue weighted by Crippen LogP contribution is 2.45. The average molecular weight is 640 g/mol. The van der Waals surface area contributed by atoms with Gasteiger partial charge >= 0.3 is 0 Å². The molecule has 0 aliphatic carbocycles. The van der Waals surface area contributed by atoms with Crippen molar-refractivity contribution in [3.63, 3.8) is 0 Å². The third-order valence-electron chi connectivity index (χ3n) is 9.75. The molecule has 0 aliphatic heterocycles. The zero-order chi connectivity index (χ0) is 33.6. The highest BCUT2D eigenvalue weighted by Gasteiger charge is 2.21. The van der Waals surface area contributed by atoms with Crippen LogP contribution in [0.1, 0.15) is 5.56 Å². The van der Waals surface area contributed by atoms with E-state index in [1.54, 1.807) is 0 Å². The van der Waals surface area contributed by atoms with Gasteiger partial charge in [-0.3, -0.25) is 0 Å². The van der Waals surface area contributed by atoms with Crippen LogP contribution in [0.15, 0.2) is 194 Å². The second-order valence-corrected chi connectivity index (χ2v) is 12.6. The highest BCUT2D eigenvalue weighted by molar-refractivity contribution is 6.19. The molecule has 0 amide bonds. The van der Waals surface area contributed by atoms with Crippen LogP contribution in [0.5, 0.6) is 0 Å². The van der Waals surface area contributed by atoms with Crippen molar-refractivity contribution >= 4 is 76.9 Å². The monoisotopic (exact) mass is 639 g/mol. The fourth-order valence-electron chi connectivity index (χ4n) is 7.46. The number of hydrogen-bond donors (Lipinski definition) is 0. The van der Waals surface area contributed by atoms with Gasteiger partial charge in [0.25, 0.3) is 0 Å². The van der Waals surface area contributed by atoms with Crippen molar-refractivity contribution in [3.05, 3.63) is 195 Å². The van der Waals surface area contributed by atoms with Gasteiger partial charge in [-0.25, -0.2) is 0 Å². The lowest BCUT2D eigenvalue weighted by Crippen LogP contribution is -2.10. The van der Waals surface area contributed by atoms with Gasteiger partial charge in [0.15, 0.2) is 0 Å². The van der Waals surface area contributed by atoms with Crippen molar-refractivity contribution in [1.82, 2.24) is 0 Å². The molecule has 0 atom stereocenters. The summed E-state index contributed by atoms with van der Waals surface area (Å²) in [5.41, 5.74) is 9.43. The zero-order valence-corrected chi connectivity index (χ0v) is 27.5. The molecule has 8 aromatic carbocycles. The third kappa shape index (κ3) is 4.81. The standard InChI is InChI=1S/C48H33NO/c1-3-15-32(4-2)43-31-45-44-30-37(26-27-47(44)50-48(45)42-25-13-11-23-40(42)43)49(36-20-14-19-34(28-36)33-16-6-5-7-17-33)46-29-35-18-8-9-21-38(35)39-22-10-12-24-41(39)46/h3-31H,1-2H2/b32-15+. The molecular formula is C48H33NO. The Hall–Kier alpha value is -6.64. The van der Waals surface area contributed by atoms with Crippen LogP contribution in [-0.2, 0) is 0 Å². The fraction of sp³-hybridized carbons (Fsp3) is 0. The fourth-order valence-corrected chi connectivity index (χ4v) is 7.46. The SMILES string of the molecule is C=C/C=C(\C=C)c1cc2c3cc(N(c4cccc(-c5ccccc5)c4)c4cc5ccccc5c5ccccc45)ccc3oc2c2ccccc12. The van der Waals surface area contributed by atoms with E-state index in [0.717, 1.165) is 66.5 Å². The van der Waals surface area contributed by atoms with Crippen LogP contribution in [0, 0.1) is 0 Å². The number of benzene rings is 8. The molecule has 9 aromatic rings. The number of nitrogens with zero attached hydrogens (tertiary/aromatic N) is 1. The first kappa shape index (κ1) is 29.5. The van der Waals surface area contributed by atoms with E-state index in [1.165, 1.54) is 27.1 Å². The minimum Gasteiger partial charge on any atom is -0.455 e. The van der Waals surface area contributed by atoms with Gasteiger partial charge in [0.2, 0.25) is 0 Å². The van der Waals surface area contributed by atoms with E-state index in [-0.39, 0.29) is 0 Å². The molecule has 236 valence electrons. The quantitative estimate of drug-likeness (QED) is 0.127. The molecule has 2 nitrogen and oxygen atoms in total. The number of anilines is 3. The Bertz CT molecular complexity index is 2800. The smallest absolute Gasteiger partial charge is 0.143 e. The van der Waals surface area contributed by atoms with Gasteiger partial charge in [-0.05, 0) is 86.3 Å². The van der Waals surface area contributed by atoms with E-state index in [9.17, 15) is 0 Å². The van der Waals surface area contributed by atoms with Crippen molar-refractivity contribution in [2.75, 3.05) is 4.90 Å². The predicted molar refractivity (Wildman–Crippen MR) is 215 cm³/mol. The van der Waals surface area contributed by atoms with Gasteiger partial charge in [-0.15, -0.1) is 0 Å². The summed E-state index contributed by atoms with van der Waals surface area (Å²) >= 11 is 0. The predicted octanol–water partition coefficient (Wildman–Crippen LogP) is 13.9. The second-order valence-electron chi connectivity index (χ2n) is 12.6. The van der Waals surface area contributed by atoms with E-state index in [0.29, 0.717) is 0 Å². The van der Waals surface area contributed by atoms with Gasteiger partial charge in [-0.1, -0.05) is 147 Å². The van der Waals surface area contributed by atoms with Crippen LogP contribution >= 0.6 is 0 Å². The Morgan fingerprint density at radius 1 is 0.500 bits per heavy atom. The number of fused-ring (bicyclic) bond motifs is 8. The molecule has 0 unspecified atom stereocenters. The summed E-state index contributed by atoms with van der Waals surface area (Å²) < 4.78 is 6.66. The van der Waals surface area contributed by atoms with Gasteiger partial charge in [0.1, 0.15) is 11.2 Å². The Balaban J connectivity index is 1.35. The maximum Gasteiger partial charge on any atom is 0.143 e. The van der Waals surface area contributed by atoms with Crippen LogP contribution in [0.4, 0.5) is 17.1 Å². The van der Waals surface area contributed by atoms with Crippen molar-refractivity contribution in [3.8, 4) is 11.1 Å². The molecule has 9 rings (SSSR count). The van der Waals surface area contributed by atoms with Crippen molar-refractivity contribution in [2.24, 2.45) is 0 Å². The third-order valence-corrected chi connectivity index (χ3v) is 9.75. The van der Waals surface area contributed by atoms with E-state index < -0.39 is 0 Å².